The first-order valence-corrected chi connectivity index (χ1v) is 9.75. The number of fused-ring (bicyclic) bond motifs is 1. The number of pyridine rings is 1. The van der Waals surface area contributed by atoms with E-state index >= 15 is 0 Å². The largest absolute Gasteiger partial charge is 0.463 e. The number of carbonyl (C=O) groups excluding carboxylic acids is 1. The van der Waals surface area contributed by atoms with Crippen molar-refractivity contribution in [3.63, 3.8) is 0 Å². The molecule has 30 heavy (non-hydrogen) atoms. The maximum absolute atomic E-state index is 14.9. The summed E-state index contributed by atoms with van der Waals surface area (Å²) in [7, 11) is 0. The Kier molecular flexibility index (Phi) is 5.63. The first-order valence-electron chi connectivity index (χ1n) is 9.75. The lowest BCUT2D eigenvalue weighted by molar-refractivity contribution is -0.138. The number of aromatic nitrogens is 1. The number of esters is 1. The fourth-order valence-electron chi connectivity index (χ4n) is 3.62. The summed E-state index contributed by atoms with van der Waals surface area (Å²) in [5, 5.41) is 3.20. The van der Waals surface area contributed by atoms with Crippen LogP contribution in [-0.2, 0) is 16.0 Å². The fraction of sp³-hybridized carbons (Fsp3) is 0.333. The highest BCUT2D eigenvalue weighted by molar-refractivity contribution is 5.92. The molecule has 0 atom stereocenters. The van der Waals surface area contributed by atoms with E-state index < -0.39 is 23.4 Å². The lowest BCUT2D eigenvalue weighted by Gasteiger charge is -2.32. The quantitative estimate of drug-likeness (QED) is 0.771. The van der Waals surface area contributed by atoms with Gasteiger partial charge in [0.15, 0.2) is 11.6 Å². The molecule has 4 rings (SSSR count). The minimum absolute atomic E-state index is 0.00418. The summed E-state index contributed by atoms with van der Waals surface area (Å²) in [6.07, 6.45) is 1.52. The van der Waals surface area contributed by atoms with E-state index in [1.165, 1.54) is 23.2 Å². The Hall–Kier alpha value is -3.07. The van der Waals surface area contributed by atoms with Crippen LogP contribution in [0.1, 0.15) is 12.5 Å². The number of ether oxygens (including phenoxy) is 1. The van der Waals surface area contributed by atoms with E-state index in [-0.39, 0.29) is 30.1 Å². The molecule has 1 saturated heterocycles. The third-order valence-corrected chi connectivity index (χ3v) is 5.03. The van der Waals surface area contributed by atoms with Crippen LogP contribution in [0.3, 0.4) is 0 Å². The molecule has 0 saturated carbocycles. The van der Waals surface area contributed by atoms with Gasteiger partial charge >= 0.3 is 5.97 Å². The van der Waals surface area contributed by atoms with Crippen molar-refractivity contribution < 1.29 is 22.7 Å². The molecule has 1 aromatic heterocycles. The van der Waals surface area contributed by atoms with Crippen LogP contribution in [0.2, 0.25) is 0 Å². The van der Waals surface area contributed by atoms with Crippen LogP contribution in [0.25, 0.3) is 0 Å². The van der Waals surface area contributed by atoms with E-state index in [0.717, 1.165) is 12.1 Å². The zero-order valence-corrected chi connectivity index (χ0v) is 16.4. The highest BCUT2D eigenvalue weighted by Gasteiger charge is 2.29. The Labute approximate surface area is 171 Å². The summed E-state index contributed by atoms with van der Waals surface area (Å²) in [5.41, 5.74) is 0.648. The average molecular weight is 418 g/mol. The standard InChI is InChI=1S/C21H21F3N4O2/c1-2-30-21(29)14-9-13-10-17(24)20(27-7-5-25-6-8-27)26-19(13)28(12-14)18-4-3-15(22)11-16(18)23/h3-4,10-12,25H,2,5-9H2,1H3. The van der Waals surface area contributed by atoms with Crippen LogP contribution in [0, 0.1) is 17.5 Å². The summed E-state index contributed by atoms with van der Waals surface area (Å²) < 4.78 is 48.0. The molecule has 1 aromatic carbocycles. The lowest BCUT2D eigenvalue weighted by Crippen LogP contribution is -2.44. The second-order valence-electron chi connectivity index (χ2n) is 7.03. The van der Waals surface area contributed by atoms with Gasteiger partial charge in [-0.2, -0.15) is 0 Å². The van der Waals surface area contributed by atoms with Crippen LogP contribution in [0.15, 0.2) is 36.0 Å². The van der Waals surface area contributed by atoms with Crippen molar-refractivity contribution >= 4 is 23.3 Å². The molecule has 0 unspecified atom stereocenters. The molecule has 2 aromatic rings. The van der Waals surface area contributed by atoms with Crippen LogP contribution in [0.5, 0.6) is 0 Å². The number of hydrogen-bond donors (Lipinski definition) is 1. The molecule has 0 radical (unpaired) electrons. The molecule has 2 aliphatic heterocycles. The molecular formula is C21H21F3N4O2. The van der Waals surface area contributed by atoms with Crippen molar-refractivity contribution in [1.29, 1.82) is 0 Å². The van der Waals surface area contributed by atoms with E-state index in [1.54, 1.807) is 6.92 Å². The predicted octanol–water partition coefficient (Wildman–Crippen LogP) is 3.05. The van der Waals surface area contributed by atoms with Gasteiger partial charge in [0.1, 0.15) is 17.5 Å². The Morgan fingerprint density at radius 2 is 1.90 bits per heavy atom. The number of carbonyl (C=O) groups is 1. The Morgan fingerprint density at radius 1 is 1.13 bits per heavy atom. The van der Waals surface area contributed by atoms with Crippen molar-refractivity contribution in [2.24, 2.45) is 0 Å². The van der Waals surface area contributed by atoms with Gasteiger partial charge in [-0.15, -0.1) is 0 Å². The SMILES string of the molecule is CCOC(=O)C1=CN(c2ccc(F)cc2F)c2nc(N3CCNCC3)c(F)cc2C1. The van der Waals surface area contributed by atoms with E-state index in [2.05, 4.69) is 10.3 Å². The van der Waals surface area contributed by atoms with Crippen molar-refractivity contribution in [2.45, 2.75) is 13.3 Å². The van der Waals surface area contributed by atoms with Crippen LogP contribution in [0.4, 0.5) is 30.5 Å². The van der Waals surface area contributed by atoms with Gasteiger partial charge in [-0.25, -0.2) is 22.9 Å². The summed E-state index contributed by atoms with van der Waals surface area (Å²) in [5.74, 6) is -2.18. The third-order valence-electron chi connectivity index (χ3n) is 5.03. The molecule has 6 nitrogen and oxygen atoms in total. The minimum Gasteiger partial charge on any atom is -0.463 e. The summed E-state index contributed by atoms with van der Waals surface area (Å²) in [4.78, 5) is 20.0. The van der Waals surface area contributed by atoms with Crippen molar-refractivity contribution in [3.8, 4) is 0 Å². The van der Waals surface area contributed by atoms with E-state index in [0.29, 0.717) is 37.6 Å². The second-order valence-corrected chi connectivity index (χ2v) is 7.03. The van der Waals surface area contributed by atoms with E-state index in [4.69, 9.17) is 4.74 Å². The van der Waals surface area contributed by atoms with Crippen molar-refractivity contribution in [1.82, 2.24) is 10.3 Å². The predicted molar refractivity (Wildman–Crippen MR) is 106 cm³/mol. The fourth-order valence-corrected chi connectivity index (χ4v) is 3.62. The number of hydrogen-bond acceptors (Lipinski definition) is 6. The zero-order valence-electron chi connectivity index (χ0n) is 16.4. The molecule has 0 bridgehead atoms. The molecule has 0 aliphatic carbocycles. The van der Waals surface area contributed by atoms with Crippen LogP contribution in [-0.4, -0.2) is 43.7 Å². The normalized spacial score (nSPS) is 16.2. The average Bonchev–Trinajstić information content (AvgIpc) is 2.73. The number of halogens is 3. The first-order chi connectivity index (χ1) is 14.5. The zero-order chi connectivity index (χ0) is 21.3. The second kappa shape index (κ2) is 8.35. The van der Waals surface area contributed by atoms with E-state index in [1.807, 2.05) is 4.90 Å². The van der Waals surface area contributed by atoms with Crippen LogP contribution < -0.4 is 15.1 Å². The Morgan fingerprint density at radius 3 is 2.60 bits per heavy atom. The molecule has 0 spiro atoms. The number of anilines is 3. The van der Waals surface area contributed by atoms with Gasteiger partial charge in [-0.1, -0.05) is 0 Å². The topological polar surface area (TPSA) is 57.7 Å². The molecule has 9 heteroatoms. The number of rotatable bonds is 4. The van der Waals surface area contributed by atoms with Gasteiger partial charge < -0.3 is 15.0 Å². The van der Waals surface area contributed by atoms with E-state index in [9.17, 15) is 18.0 Å². The Balaban J connectivity index is 1.82. The van der Waals surface area contributed by atoms with Gasteiger partial charge in [0.2, 0.25) is 0 Å². The van der Waals surface area contributed by atoms with Gasteiger partial charge in [0, 0.05) is 50.4 Å². The minimum atomic E-state index is -0.822. The van der Waals surface area contributed by atoms with Crippen LogP contribution >= 0.6 is 0 Å². The highest BCUT2D eigenvalue weighted by atomic mass is 19.1. The van der Waals surface area contributed by atoms with Gasteiger partial charge in [-0.3, -0.25) is 4.90 Å². The number of nitrogens with zero attached hydrogens (tertiary/aromatic N) is 3. The summed E-state index contributed by atoms with van der Waals surface area (Å²) in [6.45, 7) is 4.40. The number of piperazine rings is 1. The lowest BCUT2D eigenvalue weighted by atomic mass is 10.0. The summed E-state index contributed by atoms with van der Waals surface area (Å²) >= 11 is 0. The maximum Gasteiger partial charge on any atom is 0.335 e. The smallest absolute Gasteiger partial charge is 0.335 e. The highest BCUT2D eigenvalue weighted by Crippen LogP contribution is 2.37. The molecule has 158 valence electrons. The van der Waals surface area contributed by atoms with Gasteiger partial charge in [0.05, 0.1) is 17.9 Å². The number of nitrogens with one attached hydrogen (secondary N) is 1. The molecule has 3 heterocycles. The summed E-state index contributed by atoms with van der Waals surface area (Å²) in [6, 6.07) is 4.45. The first kappa shape index (κ1) is 20.2. The molecule has 1 fully saturated rings. The monoisotopic (exact) mass is 418 g/mol. The van der Waals surface area contributed by atoms with Gasteiger partial charge in [-0.05, 0) is 25.1 Å². The van der Waals surface area contributed by atoms with Gasteiger partial charge in [0.25, 0.3) is 0 Å². The molecule has 1 N–H and O–H groups in total. The van der Waals surface area contributed by atoms with Crippen molar-refractivity contribution in [2.75, 3.05) is 42.6 Å². The Bertz CT molecular complexity index is 1010. The third kappa shape index (κ3) is 3.85. The maximum atomic E-state index is 14.9. The molecular weight excluding hydrogens is 397 g/mol. The number of benzene rings is 1. The molecule has 2 aliphatic rings. The molecule has 0 amide bonds. The van der Waals surface area contributed by atoms with Crippen molar-refractivity contribution in [3.05, 3.63) is 59.1 Å².